The highest BCUT2D eigenvalue weighted by molar-refractivity contribution is 5.84. The number of fused-ring (bicyclic) bond motifs is 1. The van der Waals surface area contributed by atoms with Gasteiger partial charge in [0.25, 0.3) is 0 Å². The second-order valence-corrected chi connectivity index (χ2v) is 7.50. The van der Waals surface area contributed by atoms with Crippen molar-refractivity contribution in [1.82, 2.24) is 9.88 Å². The minimum atomic E-state index is 0.0602. The maximum atomic E-state index is 13.2. The van der Waals surface area contributed by atoms with Crippen molar-refractivity contribution in [3.63, 3.8) is 0 Å². The summed E-state index contributed by atoms with van der Waals surface area (Å²) in [4.78, 5) is 22.0. The van der Waals surface area contributed by atoms with Gasteiger partial charge in [0.15, 0.2) is 0 Å². The first-order valence-electron chi connectivity index (χ1n) is 9.74. The number of hydrogen-bond acceptors (Lipinski definition) is 3. The Bertz CT molecular complexity index is 753. The van der Waals surface area contributed by atoms with Crippen molar-refractivity contribution in [2.75, 3.05) is 25.0 Å². The number of likely N-dealkylation sites (tertiary alicyclic amines) is 1. The summed E-state index contributed by atoms with van der Waals surface area (Å²) in [6, 6.07) is 15.0. The summed E-state index contributed by atoms with van der Waals surface area (Å²) >= 11 is 0. The second kappa shape index (κ2) is 7.48. The van der Waals surface area contributed by atoms with Crippen molar-refractivity contribution in [2.24, 2.45) is 0 Å². The molecule has 1 atom stereocenters. The highest BCUT2D eigenvalue weighted by atomic mass is 16.2. The molecule has 4 rings (SSSR count). The molecule has 1 aliphatic carbocycles. The van der Waals surface area contributed by atoms with E-state index in [0.29, 0.717) is 11.9 Å². The predicted octanol–water partition coefficient (Wildman–Crippen LogP) is 3.63. The van der Waals surface area contributed by atoms with Crippen LogP contribution in [0.5, 0.6) is 0 Å². The van der Waals surface area contributed by atoms with Gasteiger partial charge < -0.3 is 9.80 Å². The molecule has 0 N–H and O–H groups in total. The second-order valence-electron chi connectivity index (χ2n) is 7.50. The van der Waals surface area contributed by atoms with Gasteiger partial charge in [0, 0.05) is 32.4 Å². The van der Waals surface area contributed by atoms with Gasteiger partial charge in [0.2, 0.25) is 5.91 Å². The number of carbonyl (C=O) groups excluding carboxylic acids is 1. The molecule has 136 valence electrons. The Hall–Kier alpha value is -2.36. The number of hydrogen-bond donors (Lipinski definition) is 0. The number of piperidine rings is 1. The van der Waals surface area contributed by atoms with Crippen LogP contribution in [-0.2, 0) is 11.2 Å². The topological polar surface area (TPSA) is 36.4 Å². The summed E-state index contributed by atoms with van der Waals surface area (Å²) in [7, 11) is 2.11. The zero-order valence-corrected chi connectivity index (χ0v) is 15.5. The van der Waals surface area contributed by atoms with E-state index in [9.17, 15) is 4.79 Å². The van der Waals surface area contributed by atoms with Crippen LogP contribution < -0.4 is 4.90 Å². The standard InChI is InChI=1S/C22H27N3O/c1-24(21-11-4-5-14-23-21)18-12-15-25(16-13-18)22(26)20-10-6-8-17-7-2-3-9-19(17)20/h2-5,7,9,11,14,18,20H,6,8,10,12-13,15-16H2,1H3. The molecule has 1 unspecified atom stereocenters. The molecule has 1 fully saturated rings. The van der Waals surface area contributed by atoms with Crippen LogP contribution in [0.2, 0.25) is 0 Å². The average molecular weight is 349 g/mol. The molecule has 0 spiro atoms. The number of benzene rings is 1. The largest absolute Gasteiger partial charge is 0.357 e. The fraction of sp³-hybridized carbons (Fsp3) is 0.455. The van der Waals surface area contributed by atoms with Crippen molar-refractivity contribution >= 4 is 11.7 Å². The minimum Gasteiger partial charge on any atom is -0.357 e. The smallest absolute Gasteiger partial charge is 0.230 e. The van der Waals surface area contributed by atoms with E-state index in [0.717, 1.165) is 51.0 Å². The first-order valence-corrected chi connectivity index (χ1v) is 9.74. The lowest BCUT2D eigenvalue weighted by Crippen LogP contribution is -2.47. The Morgan fingerprint density at radius 2 is 1.85 bits per heavy atom. The van der Waals surface area contributed by atoms with Crippen molar-refractivity contribution < 1.29 is 4.79 Å². The third-order valence-electron chi connectivity index (χ3n) is 6.00. The number of pyridine rings is 1. The average Bonchev–Trinajstić information content (AvgIpc) is 2.73. The van der Waals surface area contributed by atoms with Crippen LogP contribution in [0.4, 0.5) is 5.82 Å². The Morgan fingerprint density at radius 3 is 2.62 bits per heavy atom. The number of aryl methyl sites for hydroxylation is 1. The summed E-state index contributed by atoms with van der Waals surface area (Å²) in [5, 5.41) is 0. The molecular weight excluding hydrogens is 322 g/mol. The number of nitrogens with zero attached hydrogens (tertiary/aromatic N) is 3. The van der Waals surface area contributed by atoms with E-state index in [2.05, 4.69) is 52.2 Å². The number of anilines is 1. The first-order chi connectivity index (χ1) is 12.7. The van der Waals surface area contributed by atoms with Gasteiger partial charge in [0.05, 0.1) is 5.92 Å². The molecule has 1 aromatic carbocycles. The van der Waals surface area contributed by atoms with E-state index in [-0.39, 0.29) is 5.92 Å². The third kappa shape index (κ3) is 3.33. The van der Waals surface area contributed by atoms with E-state index >= 15 is 0 Å². The molecule has 4 nitrogen and oxygen atoms in total. The maximum absolute atomic E-state index is 13.2. The van der Waals surface area contributed by atoms with Gasteiger partial charge in [-0.25, -0.2) is 4.98 Å². The Kier molecular flexibility index (Phi) is 4.91. The summed E-state index contributed by atoms with van der Waals surface area (Å²) in [5.41, 5.74) is 2.62. The van der Waals surface area contributed by atoms with E-state index < -0.39 is 0 Å². The lowest BCUT2D eigenvalue weighted by Gasteiger charge is -2.39. The lowest BCUT2D eigenvalue weighted by atomic mass is 9.81. The Labute approximate surface area is 155 Å². The van der Waals surface area contributed by atoms with E-state index in [1.54, 1.807) is 0 Å². The monoisotopic (exact) mass is 349 g/mol. The van der Waals surface area contributed by atoms with Gasteiger partial charge >= 0.3 is 0 Å². The van der Waals surface area contributed by atoms with Crippen molar-refractivity contribution in [3.8, 4) is 0 Å². The normalized spacial score (nSPS) is 20.5. The van der Waals surface area contributed by atoms with Crippen LogP contribution in [0, 0.1) is 0 Å². The quantitative estimate of drug-likeness (QED) is 0.849. The van der Waals surface area contributed by atoms with Crippen molar-refractivity contribution in [2.45, 2.75) is 44.1 Å². The highest BCUT2D eigenvalue weighted by Crippen LogP contribution is 2.33. The van der Waals surface area contributed by atoms with Gasteiger partial charge in [-0.3, -0.25) is 4.79 Å². The molecule has 1 amide bonds. The zero-order valence-electron chi connectivity index (χ0n) is 15.5. The zero-order chi connectivity index (χ0) is 17.9. The van der Waals surface area contributed by atoms with Gasteiger partial charge in [0.1, 0.15) is 5.82 Å². The molecule has 1 aliphatic heterocycles. The molecule has 4 heteroatoms. The van der Waals surface area contributed by atoms with Crippen LogP contribution in [-0.4, -0.2) is 42.0 Å². The van der Waals surface area contributed by atoms with Gasteiger partial charge in [-0.2, -0.15) is 0 Å². The number of carbonyl (C=O) groups is 1. The van der Waals surface area contributed by atoms with E-state index in [1.165, 1.54) is 11.1 Å². The van der Waals surface area contributed by atoms with Gasteiger partial charge in [-0.1, -0.05) is 30.3 Å². The molecule has 1 saturated heterocycles. The molecule has 26 heavy (non-hydrogen) atoms. The Morgan fingerprint density at radius 1 is 1.08 bits per heavy atom. The van der Waals surface area contributed by atoms with Crippen molar-refractivity contribution in [1.29, 1.82) is 0 Å². The van der Waals surface area contributed by atoms with E-state index in [4.69, 9.17) is 0 Å². The fourth-order valence-electron chi connectivity index (χ4n) is 4.45. The molecule has 2 aromatic rings. The van der Waals surface area contributed by atoms with Crippen LogP contribution in [0.1, 0.15) is 42.7 Å². The molecule has 2 heterocycles. The van der Waals surface area contributed by atoms with E-state index in [1.807, 2.05) is 18.3 Å². The molecule has 0 radical (unpaired) electrons. The highest BCUT2D eigenvalue weighted by Gasteiger charge is 2.32. The van der Waals surface area contributed by atoms with Gasteiger partial charge in [-0.05, 0) is 55.4 Å². The molecule has 2 aliphatic rings. The maximum Gasteiger partial charge on any atom is 0.230 e. The summed E-state index contributed by atoms with van der Waals surface area (Å²) in [6.45, 7) is 1.69. The molecule has 0 saturated carbocycles. The van der Waals surface area contributed by atoms with Crippen molar-refractivity contribution in [3.05, 3.63) is 59.8 Å². The molecular formula is C22H27N3O. The minimum absolute atomic E-state index is 0.0602. The summed E-state index contributed by atoms with van der Waals surface area (Å²) < 4.78 is 0. The Balaban J connectivity index is 1.40. The van der Waals surface area contributed by atoms with Crippen LogP contribution in [0.25, 0.3) is 0 Å². The number of amides is 1. The predicted molar refractivity (Wildman–Crippen MR) is 104 cm³/mol. The van der Waals surface area contributed by atoms with Crippen LogP contribution in [0.15, 0.2) is 48.7 Å². The number of aromatic nitrogens is 1. The SMILES string of the molecule is CN(c1ccccn1)C1CCN(C(=O)C2CCCc3ccccc32)CC1. The fourth-order valence-corrected chi connectivity index (χ4v) is 4.45. The van der Waals surface area contributed by atoms with Gasteiger partial charge in [-0.15, -0.1) is 0 Å². The van der Waals surface area contributed by atoms with Crippen LogP contribution >= 0.6 is 0 Å². The lowest BCUT2D eigenvalue weighted by molar-refractivity contribution is -0.134. The molecule has 0 bridgehead atoms. The van der Waals surface area contributed by atoms with Crippen LogP contribution in [0.3, 0.4) is 0 Å². The summed E-state index contributed by atoms with van der Waals surface area (Å²) in [5.74, 6) is 1.40. The number of rotatable bonds is 3. The molecule has 1 aromatic heterocycles. The third-order valence-corrected chi connectivity index (χ3v) is 6.00. The first kappa shape index (κ1) is 17.1. The summed E-state index contributed by atoms with van der Waals surface area (Å²) in [6.07, 6.45) is 7.07.